The van der Waals surface area contributed by atoms with Crippen molar-refractivity contribution in [3.63, 3.8) is 0 Å². The van der Waals surface area contributed by atoms with Gasteiger partial charge in [0.1, 0.15) is 17.9 Å². The molecule has 0 saturated carbocycles. The van der Waals surface area contributed by atoms with Gasteiger partial charge in [0.05, 0.1) is 67.0 Å². The van der Waals surface area contributed by atoms with Gasteiger partial charge in [-0.25, -0.2) is 9.78 Å². The van der Waals surface area contributed by atoms with E-state index in [0.29, 0.717) is 49.4 Å². The summed E-state index contributed by atoms with van der Waals surface area (Å²) in [6.45, 7) is 16.6. The number of fused-ring (bicyclic) bond motifs is 4. The molecule has 3 N–H and O–H groups in total. The third-order valence-electron chi connectivity index (χ3n) is 14.0. The van der Waals surface area contributed by atoms with Crippen LogP contribution in [0.1, 0.15) is 80.3 Å². The monoisotopic (exact) mass is 876 g/mol. The van der Waals surface area contributed by atoms with E-state index in [1.807, 2.05) is 96.1 Å². The zero-order valence-corrected chi connectivity index (χ0v) is 38.6. The van der Waals surface area contributed by atoms with Crippen molar-refractivity contribution >= 4 is 29.2 Å². The first kappa shape index (κ1) is 46.8. The summed E-state index contributed by atoms with van der Waals surface area (Å²) >= 11 is 0. The lowest BCUT2D eigenvalue weighted by Crippen LogP contribution is -2.60. The highest BCUT2D eigenvalue weighted by molar-refractivity contribution is 5.91. The molecule has 346 valence electrons. The maximum Gasteiger partial charge on any atom is 0.410 e. The number of anilines is 1. The summed E-state index contributed by atoms with van der Waals surface area (Å²) in [6, 6.07) is 12.6. The van der Waals surface area contributed by atoms with Crippen molar-refractivity contribution in [1.82, 2.24) is 14.8 Å². The Morgan fingerprint density at radius 2 is 1.81 bits per heavy atom. The van der Waals surface area contributed by atoms with Gasteiger partial charge in [-0.3, -0.25) is 14.7 Å². The van der Waals surface area contributed by atoms with Gasteiger partial charge in [-0.1, -0.05) is 51.0 Å². The number of rotatable bonds is 8. The molecule has 4 saturated heterocycles. The Bertz CT molecular complexity index is 2020. The zero-order valence-electron chi connectivity index (χ0n) is 38.6. The third kappa shape index (κ3) is 9.62. The van der Waals surface area contributed by atoms with Crippen LogP contribution < -0.4 is 5.73 Å². The molecule has 5 aliphatic rings. The van der Waals surface area contributed by atoms with Crippen molar-refractivity contribution in [2.45, 2.75) is 141 Å². The van der Waals surface area contributed by atoms with Crippen LogP contribution in [0.5, 0.6) is 0 Å². The standard InChI is InChI=1S/C47H68N6O10/c1-11-37-47(8)41-28(4)38(49-18-19-53(41)45(56)63-47)26(2)22-46(7)42(62-44-39(54)36(52(9)10)20-27(3)60-44)29(5)40(30(6)43(55)61-37)57-23-34(24-58-46)51-59-25-33-16-13-17-35(50-33)31-14-12-15-32(48)21-31/h12-17,21,26-30,36-37,39-42,44,54H,11,18-20,22-25,48H2,1-10H3/t26-,27+,28+,29-,30-,36-,37+,39+,40+,41-,42+,44-,46-,47-/m1/s1. The molecule has 0 spiro atoms. The van der Waals surface area contributed by atoms with Gasteiger partial charge in [-0.15, -0.1) is 0 Å². The van der Waals surface area contributed by atoms with Crippen LogP contribution >= 0.6 is 0 Å². The summed E-state index contributed by atoms with van der Waals surface area (Å²) in [5.74, 6) is -2.33. The quantitative estimate of drug-likeness (QED) is 0.193. The number of aromatic nitrogens is 1. The minimum atomic E-state index is -1.15. The fourth-order valence-electron chi connectivity index (χ4n) is 10.8. The first-order valence-electron chi connectivity index (χ1n) is 22.6. The summed E-state index contributed by atoms with van der Waals surface area (Å²) in [5, 5.41) is 16.4. The van der Waals surface area contributed by atoms with E-state index < -0.39 is 71.8 Å². The predicted molar refractivity (Wildman–Crippen MR) is 237 cm³/mol. The van der Waals surface area contributed by atoms with Crippen LogP contribution in [0.3, 0.4) is 0 Å². The number of amides is 1. The second-order valence-electron chi connectivity index (χ2n) is 18.9. The number of likely N-dealkylation sites (N-methyl/N-ethyl adjacent to an activating group) is 1. The highest BCUT2D eigenvalue weighted by atomic mass is 16.7. The van der Waals surface area contributed by atoms with E-state index in [4.69, 9.17) is 49.0 Å². The van der Waals surface area contributed by atoms with E-state index in [1.165, 1.54) is 0 Å². The molecule has 1 aromatic heterocycles. The fraction of sp³-hybridized carbons (Fsp3) is 0.681. The average molecular weight is 877 g/mol. The van der Waals surface area contributed by atoms with E-state index in [1.54, 1.807) is 11.8 Å². The molecule has 6 heterocycles. The fourth-order valence-corrected chi connectivity index (χ4v) is 10.8. The second-order valence-corrected chi connectivity index (χ2v) is 18.9. The SMILES string of the molecule is CC[C@@H]1OC(=O)[C@H](C)[C@H]2OCC(=NOCc3cccc(-c4cccc(N)c4)n3)CO[C@](C)(C[C@@H](C)C3=NCCN4C(=O)O[C@@]1(C)[C@H]4[C@H]3C)[C@@H](O[C@H]1O[C@@H](C)C[C@@H](N(C)C)[C@@H]1O)[C@@H]2C. The van der Waals surface area contributed by atoms with Gasteiger partial charge < -0.3 is 49.0 Å². The molecule has 1 amide bonds. The van der Waals surface area contributed by atoms with Gasteiger partial charge in [-0.05, 0) is 91.2 Å². The Labute approximate surface area is 371 Å². The van der Waals surface area contributed by atoms with Gasteiger partial charge in [0.15, 0.2) is 18.5 Å². The Kier molecular flexibility index (Phi) is 14.2. The highest BCUT2D eigenvalue weighted by Gasteiger charge is 2.60. The number of aliphatic imine (C=N–C) groups is 1. The Morgan fingerprint density at radius 3 is 2.54 bits per heavy atom. The molecule has 4 fully saturated rings. The number of esters is 1. The summed E-state index contributed by atoms with van der Waals surface area (Å²) in [4.78, 5) is 47.8. The first-order valence-corrected chi connectivity index (χ1v) is 22.6. The molecule has 0 aliphatic carbocycles. The van der Waals surface area contributed by atoms with E-state index in [9.17, 15) is 14.7 Å². The first-order chi connectivity index (χ1) is 29.9. The number of benzene rings is 1. The molecule has 4 bridgehead atoms. The molecule has 7 rings (SSSR count). The van der Waals surface area contributed by atoms with E-state index >= 15 is 0 Å². The molecular weight excluding hydrogens is 809 g/mol. The molecule has 1 aromatic carbocycles. The van der Waals surface area contributed by atoms with E-state index in [2.05, 4.69) is 19.0 Å². The number of hydrogen-bond acceptors (Lipinski definition) is 15. The number of cyclic esters (lactones) is 1. The Balaban J connectivity index is 1.28. The Hall–Kier alpha value is -4.19. The van der Waals surface area contributed by atoms with Crippen molar-refractivity contribution in [3.05, 3.63) is 48.2 Å². The highest BCUT2D eigenvalue weighted by Crippen LogP contribution is 2.45. The number of nitrogens with zero attached hydrogens (tertiary/aromatic N) is 5. The molecule has 0 radical (unpaired) electrons. The second kappa shape index (κ2) is 19.1. The van der Waals surface area contributed by atoms with Crippen LogP contribution in [0.15, 0.2) is 52.6 Å². The summed E-state index contributed by atoms with van der Waals surface area (Å²) in [7, 11) is 3.87. The molecule has 14 atom stereocenters. The van der Waals surface area contributed by atoms with Gasteiger partial charge in [0.25, 0.3) is 0 Å². The zero-order chi connectivity index (χ0) is 45.4. The maximum atomic E-state index is 14.6. The van der Waals surface area contributed by atoms with Crippen molar-refractivity contribution in [2.24, 2.45) is 33.8 Å². The van der Waals surface area contributed by atoms with Gasteiger partial charge in [0.2, 0.25) is 0 Å². The molecule has 2 aromatic rings. The van der Waals surface area contributed by atoms with Crippen molar-refractivity contribution < 1.29 is 48.0 Å². The number of pyridine rings is 1. The summed E-state index contributed by atoms with van der Waals surface area (Å²) < 4.78 is 40.0. The van der Waals surface area contributed by atoms with Gasteiger partial charge >= 0.3 is 12.1 Å². The number of nitrogen functional groups attached to an aromatic ring is 1. The van der Waals surface area contributed by atoms with Gasteiger partial charge in [-0.2, -0.15) is 0 Å². The van der Waals surface area contributed by atoms with Crippen LogP contribution in [0, 0.1) is 23.7 Å². The largest absolute Gasteiger partial charge is 0.458 e. The van der Waals surface area contributed by atoms with Crippen LogP contribution in [0.4, 0.5) is 10.5 Å². The van der Waals surface area contributed by atoms with Crippen LogP contribution in [0.25, 0.3) is 11.3 Å². The molecule has 0 unspecified atom stereocenters. The number of hydrogen-bond donors (Lipinski definition) is 2. The van der Waals surface area contributed by atoms with E-state index in [0.717, 1.165) is 17.0 Å². The van der Waals surface area contributed by atoms with Crippen LogP contribution in [-0.4, -0.2) is 144 Å². The summed E-state index contributed by atoms with van der Waals surface area (Å²) in [6.07, 6.45) is -3.57. The minimum absolute atomic E-state index is 0.000332. The minimum Gasteiger partial charge on any atom is -0.458 e. The lowest BCUT2D eigenvalue weighted by molar-refractivity contribution is -0.302. The molecule has 5 aliphatic heterocycles. The number of oxime groups is 1. The molecule has 16 heteroatoms. The predicted octanol–water partition coefficient (Wildman–Crippen LogP) is 5.49. The molecule has 63 heavy (non-hydrogen) atoms. The normalized spacial score (nSPS) is 38.4. The number of nitrogens with two attached hydrogens (primary N) is 1. The average Bonchev–Trinajstić information content (AvgIpc) is 3.39. The number of carbonyl (C=O) groups is 2. The van der Waals surface area contributed by atoms with Crippen molar-refractivity contribution in [3.8, 4) is 11.3 Å². The maximum absolute atomic E-state index is 14.6. The smallest absolute Gasteiger partial charge is 0.410 e. The third-order valence-corrected chi connectivity index (χ3v) is 14.0. The van der Waals surface area contributed by atoms with Crippen LogP contribution in [0.2, 0.25) is 0 Å². The topological polar surface area (TPSA) is 189 Å². The van der Waals surface area contributed by atoms with Gasteiger partial charge in [0, 0.05) is 41.4 Å². The Morgan fingerprint density at radius 1 is 1.05 bits per heavy atom. The lowest BCUT2D eigenvalue weighted by atomic mass is 9.72. The van der Waals surface area contributed by atoms with Crippen LogP contribution in [-0.2, 0) is 44.7 Å². The van der Waals surface area contributed by atoms with Crippen molar-refractivity contribution in [2.75, 3.05) is 46.1 Å². The number of ether oxygens (including phenoxy) is 6. The number of carbonyl (C=O) groups excluding carboxylic acids is 2. The number of aliphatic hydroxyl groups is 1. The molecule has 16 nitrogen and oxygen atoms in total. The summed E-state index contributed by atoms with van der Waals surface area (Å²) in [5.41, 5.74) is 8.08. The number of aliphatic hydroxyl groups excluding tert-OH is 1. The lowest BCUT2D eigenvalue weighted by Gasteiger charge is -2.48. The van der Waals surface area contributed by atoms with Crippen molar-refractivity contribution in [1.29, 1.82) is 0 Å². The molecular formula is C47H68N6O10. The van der Waals surface area contributed by atoms with E-state index in [-0.39, 0.29) is 43.8 Å².